The molecule has 1 amide bonds. The molecule has 0 fully saturated rings. The Morgan fingerprint density at radius 2 is 0.818 bits per heavy atom. The van der Waals surface area contributed by atoms with Crippen molar-refractivity contribution in [3.63, 3.8) is 0 Å². The topological polar surface area (TPSA) is 95.9 Å². The van der Waals surface area contributed by atoms with Crippen LogP contribution in [0.25, 0.3) is 0 Å². The third-order valence-electron chi connectivity index (χ3n) is 11.9. The highest BCUT2D eigenvalue weighted by atomic mass is 16.5. The number of hydrogen-bond acceptors (Lipinski definition) is 5. The molecule has 0 aromatic rings. The first-order valence-electron chi connectivity index (χ1n) is 27.5. The number of amides is 1. The second-order valence-corrected chi connectivity index (χ2v) is 18.2. The first kappa shape index (κ1) is 62.8. The molecule has 0 aromatic carbocycles. The van der Waals surface area contributed by atoms with E-state index in [0.717, 1.165) is 96.3 Å². The number of aliphatic hydroxyl groups excluding tert-OH is 2. The van der Waals surface area contributed by atoms with Gasteiger partial charge in [-0.25, -0.2) is 0 Å². The lowest BCUT2D eigenvalue weighted by Crippen LogP contribution is -2.46. The van der Waals surface area contributed by atoms with Gasteiger partial charge in [0.15, 0.2) is 0 Å². The fourth-order valence-corrected chi connectivity index (χ4v) is 7.78. The van der Waals surface area contributed by atoms with Gasteiger partial charge in [0.25, 0.3) is 0 Å². The summed E-state index contributed by atoms with van der Waals surface area (Å²) >= 11 is 0. The van der Waals surface area contributed by atoms with E-state index < -0.39 is 18.2 Å². The van der Waals surface area contributed by atoms with Crippen molar-refractivity contribution in [1.29, 1.82) is 0 Å². The van der Waals surface area contributed by atoms with Crippen LogP contribution in [0.2, 0.25) is 0 Å². The van der Waals surface area contributed by atoms with Crippen LogP contribution in [0.1, 0.15) is 245 Å². The Morgan fingerprint density at radius 1 is 0.455 bits per heavy atom. The number of unbranched alkanes of at least 4 members (excludes halogenated alkanes) is 20. The van der Waals surface area contributed by atoms with Crippen molar-refractivity contribution in [2.24, 2.45) is 0 Å². The third kappa shape index (κ3) is 47.3. The van der Waals surface area contributed by atoms with Crippen LogP contribution in [0.4, 0.5) is 0 Å². The van der Waals surface area contributed by atoms with E-state index in [1.165, 1.54) is 96.3 Å². The number of carbonyl (C=O) groups excluding carboxylic acids is 2. The highest BCUT2D eigenvalue weighted by Crippen LogP contribution is 2.17. The molecule has 0 bridgehead atoms. The predicted molar refractivity (Wildman–Crippen MR) is 287 cm³/mol. The standard InChI is InChI=1S/C60H103NO5/c1-4-7-10-13-16-19-22-25-28-30-31-33-36-39-42-45-48-51-56(66-60(65)53-50-47-44-41-38-35-32-29-26-23-20-17-14-11-8-5-2)54-59(64)61-57(55-62)58(63)52-49-46-43-40-37-34-27-24-21-18-15-12-9-6-3/h8,11,16-17,19-20,25-26,28-29,31,33,35,38,44,47,56-58,62-63H,4-7,9-10,12-15,18,21-24,27,30,32,34,36-37,39-43,45-46,48-55H2,1-3H3,(H,61,64)/b11-8+,19-16-,20-17+,28-25-,29-26+,33-31-,38-35+,47-44+. The molecule has 3 N–H and O–H groups in total. The Kier molecular flexibility index (Phi) is 50.2. The third-order valence-corrected chi connectivity index (χ3v) is 11.9. The van der Waals surface area contributed by atoms with Crippen LogP contribution in [0.3, 0.4) is 0 Å². The van der Waals surface area contributed by atoms with Crippen LogP contribution in [0.5, 0.6) is 0 Å². The van der Waals surface area contributed by atoms with Gasteiger partial charge in [-0.15, -0.1) is 0 Å². The van der Waals surface area contributed by atoms with E-state index >= 15 is 0 Å². The monoisotopic (exact) mass is 918 g/mol. The van der Waals surface area contributed by atoms with Gasteiger partial charge < -0.3 is 20.3 Å². The van der Waals surface area contributed by atoms with Crippen molar-refractivity contribution < 1.29 is 24.5 Å². The summed E-state index contributed by atoms with van der Waals surface area (Å²) in [6.07, 6.45) is 70.4. The summed E-state index contributed by atoms with van der Waals surface area (Å²) in [5, 5.41) is 23.8. The maximum absolute atomic E-state index is 13.2. The molecular weight excluding hydrogens is 815 g/mol. The van der Waals surface area contributed by atoms with Gasteiger partial charge in [0.1, 0.15) is 6.10 Å². The number of carbonyl (C=O) groups is 2. The van der Waals surface area contributed by atoms with Crippen molar-refractivity contribution in [3.05, 3.63) is 97.2 Å². The van der Waals surface area contributed by atoms with Gasteiger partial charge in [0.2, 0.25) is 5.91 Å². The van der Waals surface area contributed by atoms with Gasteiger partial charge in [0, 0.05) is 6.42 Å². The highest BCUT2D eigenvalue weighted by Gasteiger charge is 2.24. The molecule has 0 saturated heterocycles. The molecule has 0 rings (SSSR count). The van der Waals surface area contributed by atoms with Gasteiger partial charge in [-0.05, 0) is 96.3 Å². The molecule has 3 atom stereocenters. The Hall–Kier alpha value is -3.22. The number of aliphatic hydroxyl groups is 2. The fraction of sp³-hybridized carbons (Fsp3) is 0.700. The molecule has 0 aliphatic carbocycles. The van der Waals surface area contributed by atoms with E-state index in [-0.39, 0.29) is 31.3 Å². The quantitative estimate of drug-likeness (QED) is 0.0321. The zero-order chi connectivity index (χ0) is 48.1. The molecule has 6 heteroatoms. The van der Waals surface area contributed by atoms with E-state index in [1.54, 1.807) is 0 Å². The zero-order valence-electron chi connectivity index (χ0n) is 43.0. The van der Waals surface area contributed by atoms with Crippen molar-refractivity contribution >= 4 is 11.9 Å². The first-order chi connectivity index (χ1) is 32.5. The van der Waals surface area contributed by atoms with E-state index in [0.29, 0.717) is 19.3 Å². The maximum Gasteiger partial charge on any atom is 0.306 e. The lowest BCUT2D eigenvalue weighted by molar-refractivity contribution is -0.150. The molecule has 0 heterocycles. The molecule has 66 heavy (non-hydrogen) atoms. The largest absolute Gasteiger partial charge is 0.462 e. The summed E-state index contributed by atoms with van der Waals surface area (Å²) in [4.78, 5) is 26.2. The maximum atomic E-state index is 13.2. The molecule has 0 saturated carbocycles. The SMILES string of the molecule is CC/C=C/C/C=C/C/C=C/C/C=C/C/C=C/CCC(=O)OC(CCCCCC/C=C\C/C=C\C/C=C\CCCCC)CC(=O)NC(CO)C(O)CCCCCCCCCCCCCCCC. The Labute approximate surface area is 407 Å². The molecule has 378 valence electrons. The van der Waals surface area contributed by atoms with Crippen LogP contribution in [-0.4, -0.2) is 46.9 Å². The van der Waals surface area contributed by atoms with Crippen LogP contribution in [0.15, 0.2) is 97.2 Å². The van der Waals surface area contributed by atoms with Crippen LogP contribution >= 0.6 is 0 Å². The van der Waals surface area contributed by atoms with Crippen molar-refractivity contribution in [2.45, 2.75) is 264 Å². The average Bonchev–Trinajstić information content (AvgIpc) is 3.31. The van der Waals surface area contributed by atoms with Gasteiger partial charge in [-0.1, -0.05) is 234 Å². The van der Waals surface area contributed by atoms with E-state index in [1.807, 2.05) is 6.08 Å². The highest BCUT2D eigenvalue weighted by molar-refractivity contribution is 5.77. The van der Waals surface area contributed by atoms with Gasteiger partial charge in [-0.3, -0.25) is 9.59 Å². The summed E-state index contributed by atoms with van der Waals surface area (Å²) in [5.41, 5.74) is 0. The number of esters is 1. The first-order valence-corrected chi connectivity index (χ1v) is 27.5. The Morgan fingerprint density at radius 3 is 1.27 bits per heavy atom. The number of rotatable bonds is 48. The molecule has 0 spiro atoms. The van der Waals surface area contributed by atoms with Crippen molar-refractivity contribution in [1.82, 2.24) is 5.32 Å². The molecule has 0 aliphatic heterocycles. The lowest BCUT2D eigenvalue weighted by Gasteiger charge is -2.24. The predicted octanol–water partition coefficient (Wildman–Crippen LogP) is 16.9. The number of ether oxygens (including phenoxy) is 1. The Balaban J connectivity index is 4.75. The Bertz CT molecular complexity index is 1310. The zero-order valence-corrected chi connectivity index (χ0v) is 43.0. The normalized spacial score (nSPS) is 14.0. The molecule has 3 unspecified atom stereocenters. The van der Waals surface area contributed by atoms with E-state index in [9.17, 15) is 19.8 Å². The molecule has 0 radical (unpaired) electrons. The molecular formula is C60H103NO5. The minimum Gasteiger partial charge on any atom is -0.462 e. The van der Waals surface area contributed by atoms with Gasteiger partial charge >= 0.3 is 5.97 Å². The summed E-state index contributed by atoms with van der Waals surface area (Å²) in [6, 6.07) is -0.730. The summed E-state index contributed by atoms with van der Waals surface area (Å²) < 4.78 is 5.90. The molecule has 0 aliphatic rings. The summed E-state index contributed by atoms with van der Waals surface area (Å²) in [5.74, 6) is -0.598. The van der Waals surface area contributed by atoms with Crippen LogP contribution in [0, 0.1) is 0 Å². The smallest absolute Gasteiger partial charge is 0.306 e. The van der Waals surface area contributed by atoms with Gasteiger partial charge in [-0.2, -0.15) is 0 Å². The van der Waals surface area contributed by atoms with E-state index in [2.05, 4.69) is 117 Å². The van der Waals surface area contributed by atoms with E-state index in [4.69, 9.17) is 4.74 Å². The molecule has 6 nitrogen and oxygen atoms in total. The van der Waals surface area contributed by atoms with Crippen molar-refractivity contribution in [2.75, 3.05) is 6.61 Å². The minimum atomic E-state index is -0.812. The summed E-state index contributed by atoms with van der Waals surface area (Å²) in [6.45, 7) is 6.32. The van der Waals surface area contributed by atoms with Crippen LogP contribution in [-0.2, 0) is 14.3 Å². The number of allylic oxidation sites excluding steroid dienone is 16. The number of hydrogen-bond donors (Lipinski definition) is 3. The lowest BCUT2D eigenvalue weighted by atomic mass is 10.0. The van der Waals surface area contributed by atoms with Gasteiger partial charge in [0.05, 0.1) is 25.2 Å². The fourth-order valence-electron chi connectivity index (χ4n) is 7.78. The second kappa shape index (κ2) is 52.7. The summed E-state index contributed by atoms with van der Waals surface area (Å²) in [7, 11) is 0. The average molecular weight is 918 g/mol. The molecule has 0 aromatic heterocycles. The van der Waals surface area contributed by atoms with Crippen molar-refractivity contribution in [3.8, 4) is 0 Å². The minimum absolute atomic E-state index is 0.0282. The van der Waals surface area contributed by atoms with Crippen LogP contribution < -0.4 is 5.32 Å². The second-order valence-electron chi connectivity index (χ2n) is 18.2. The number of nitrogens with one attached hydrogen (secondary N) is 1.